The molecule has 3 nitrogen and oxygen atoms in total. The van der Waals surface area contributed by atoms with Gasteiger partial charge in [-0.1, -0.05) is 23.4 Å². The standard InChI is InChI=1S/C10H13NO2/c1-8(11-12)7-9-5-3-4-6-10(9)13-2/h3-6,12H,7H2,1-2H3. The summed E-state index contributed by atoms with van der Waals surface area (Å²) in [6.07, 6.45) is 0.612. The van der Waals surface area contributed by atoms with Crippen molar-refractivity contribution in [3.05, 3.63) is 29.8 Å². The van der Waals surface area contributed by atoms with Crippen LogP contribution in [0.15, 0.2) is 29.4 Å². The summed E-state index contributed by atoms with van der Waals surface area (Å²) in [7, 11) is 1.63. The van der Waals surface area contributed by atoms with Gasteiger partial charge in [-0.2, -0.15) is 0 Å². The second-order valence-electron chi connectivity index (χ2n) is 2.82. The van der Waals surface area contributed by atoms with Crippen LogP contribution < -0.4 is 4.74 Å². The summed E-state index contributed by atoms with van der Waals surface area (Å²) in [5, 5.41) is 11.6. The molecule has 70 valence electrons. The molecule has 0 aliphatic rings. The zero-order valence-electron chi connectivity index (χ0n) is 7.82. The van der Waals surface area contributed by atoms with Gasteiger partial charge in [0.2, 0.25) is 0 Å². The van der Waals surface area contributed by atoms with Gasteiger partial charge >= 0.3 is 0 Å². The van der Waals surface area contributed by atoms with Crippen LogP contribution in [0, 0.1) is 0 Å². The summed E-state index contributed by atoms with van der Waals surface area (Å²) < 4.78 is 5.15. The lowest BCUT2D eigenvalue weighted by molar-refractivity contribution is 0.317. The number of benzene rings is 1. The Bertz CT molecular complexity index is 308. The van der Waals surface area contributed by atoms with Gasteiger partial charge < -0.3 is 9.94 Å². The lowest BCUT2D eigenvalue weighted by atomic mass is 10.1. The molecule has 1 rings (SSSR count). The van der Waals surface area contributed by atoms with Crippen molar-refractivity contribution in [3.8, 4) is 5.75 Å². The lowest BCUT2D eigenvalue weighted by Crippen LogP contribution is -1.99. The van der Waals surface area contributed by atoms with E-state index in [0.717, 1.165) is 11.3 Å². The summed E-state index contributed by atoms with van der Waals surface area (Å²) in [4.78, 5) is 0. The second kappa shape index (κ2) is 4.50. The molecule has 13 heavy (non-hydrogen) atoms. The molecule has 1 aromatic rings. The van der Waals surface area contributed by atoms with Gasteiger partial charge in [0.15, 0.2) is 0 Å². The van der Waals surface area contributed by atoms with Gasteiger partial charge in [0.1, 0.15) is 5.75 Å². The molecule has 1 N–H and O–H groups in total. The molecule has 3 heteroatoms. The van der Waals surface area contributed by atoms with Crippen molar-refractivity contribution in [2.24, 2.45) is 5.16 Å². The molecule has 0 radical (unpaired) electrons. The average Bonchev–Trinajstić information content (AvgIpc) is 2.18. The van der Waals surface area contributed by atoms with Crippen molar-refractivity contribution in [1.29, 1.82) is 0 Å². The van der Waals surface area contributed by atoms with Crippen LogP contribution in [-0.2, 0) is 6.42 Å². The predicted octanol–water partition coefficient (Wildman–Crippen LogP) is 2.09. The molecule has 0 aliphatic carbocycles. The minimum absolute atomic E-state index is 0.612. The Morgan fingerprint density at radius 2 is 2.15 bits per heavy atom. The first-order valence-electron chi connectivity index (χ1n) is 4.07. The van der Waals surface area contributed by atoms with Crippen LogP contribution in [-0.4, -0.2) is 18.0 Å². The van der Waals surface area contributed by atoms with E-state index in [1.807, 2.05) is 24.3 Å². The van der Waals surface area contributed by atoms with Crippen LogP contribution in [0.4, 0.5) is 0 Å². The maximum atomic E-state index is 8.51. The number of methoxy groups -OCH3 is 1. The monoisotopic (exact) mass is 179 g/mol. The fraction of sp³-hybridized carbons (Fsp3) is 0.300. The number of rotatable bonds is 3. The van der Waals surface area contributed by atoms with Gasteiger partial charge in [0.25, 0.3) is 0 Å². The third-order valence-corrected chi connectivity index (χ3v) is 1.81. The number of nitrogens with zero attached hydrogens (tertiary/aromatic N) is 1. The number of hydrogen-bond acceptors (Lipinski definition) is 3. The SMILES string of the molecule is COc1ccccc1CC(C)=NO. The van der Waals surface area contributed by atoms with Crippen LogP contribution >= 0.6 is 0 Å². The minimum Gasteiger partial charge on any atom is -0.496 e. The number of oxime groups is 1. The summed E-state index contributed by atoms with van der Waals surface area (Å²) in [5.41, 5.74) is 1.70. The predicted molar refractivity (Wildman–Crippen MR) is 51.6 cm³/mol. The van der Waals surface area contributed by atoms with E-state index >= 15 is 0 Å². The van der Waals surface area contributed by atoms with E-state index in [1.54, 1.807) is 14.0 Å². The number of para-hydroxylation sites is 1. The van der Waals surface area contributed by atoms with Crippen molar-refractivity contribution >= 4 is 5.71 Å². The first-order valence-corrected chi connectivity index (χ1v) is 4.07. The van der Waals surface area contributed by atoms with E-state index in [0.29, 0.717) is 12.1 Å². The molecular weight excluding hydrogens is 166 g/mol. The molecule has 1 aromatic carbocycles. The van der Waals surface area contributed by atoms with E-state index in [-0.39, 0.29) is 0 Å². The lowest BCUT2D eigenvalue weighted by Gasteiger charge is -2.06. The Labute approximate surface area is 77.6 Å². The maximum absolute atomic E-state index is 8.51. The van der Waals surface area contributed by atoms with E-state index < -0.39 is 0 Å². The Kier molecular flexibility index (Phi) is 3.31. The summed E-state index contributed by atoms with van der Waals surface area (Å²) in [5.74, 6) is 0.825. The molecule has 0 amide bonds. The van der Waals surface area contributed by atoms with Crippen molar-refractivity contribution in [3.63, 3.8) is 0 Å². The molecule has 0 bridgehead atoms. The molecule has 0 heterocycles. The van der Waals surface area contributed by atoms with Crippen LogP contribution in [0.5, 0.6) is 5.75 Å². The van der Waals surface area contributed by atoms with Crippen molar-refractivity contribution in [2.45, 2.75) is 13.3 Å². The van der Waals surface area contributed by atoms with E-state index in [2.05, 4.69) is 5.16 Å². The molecule has 0 aromatic heterocycles. The molecular formula is C10H13NO2. The van der Waals surface area contributed by atoms with Gasteiger partial charge in [0.05, 0.1) is 12.8 Å². The van der Waals surface area contributed by atoms with Gasteiger partial charge in [0, 0.05) is 6.42 Å². The fourth-order valence-electron chi connectivity index (χ4n) is 1.16. The fourth-order valence-corrected chi connectivity index (χ4v) is 1.16. The second-order valence-corrected chi connectivity index (χ2v) is 2.82. The normalized spacial score (nSPS) is 11.4. The Hall–Kier alpha value is -1.51. The number of ether oxygens (including phenoxy) is 1. The molecule has 0 unspecified atom stereocenters. The third-order valence-electron chi connectivity index (χ3n) is 1.81. The quantitative estimate of drug-likeness (QED) is 0.438. The Morgan fingerprint density at radius 3 is 2.77 bits per heavy atom. The summed E-state index contributed by atoms with van der Waals surface area (Å²) in [6.45, 7) is 1.77. The minimum atomic E-state index is 0.612. The Morgan fingerprint density at radius 1 is 1.46 bits per heavy atom. The van der Waals surface area contributed by atoms with E-state index in [9.17, 15) is 0 Å². The summed E-state index contributed by atoms with van der Waals surface area (Å²) >= 11 is 0. The smallest absolute Gasteiger partial charge is 0.122 e. The molecule has 0 aliphatic heterocycles. The summed E-state index contributed by atoms with van der Waals surface area (Å²) in [6, 6.07) is 7.68. The number of hydrogen-bond donors (Lipinski definition) is 1. The van der Waals surface area contributed by atoms with Gasteiger partial charge in [-0.15, -0.1) is 0 Å². The van der Waals surface area contributed by atoms with Gasteiger partial charge in [-0.05, 0) is 18.6 Å². The van der Waals surface area contributed by atoms with E-state index in [1.165, 1.54) is 0 Å². The zero-order chi connectivity index (χ0) is 9.68. The highest BCUT2D eigenvalue weighted by atomic mass is 16.5. The van der Waals surface area contributed by atoms with Crippen LogP contribution in [0.3, 0.4) is 0 Å². The highest BCUT2D eigenvalue weighted by Crippen LogP contribution is 2.17. The maximum Gasteiger partial charge on any atom is 0.122 e. The first-order chi connectivity index (χ1) is 6.27. The van der Waals surface area contributed by atoms with Crippen molar-refractivity contribution in [2.75, 3.05) is 7.11 Å². The van der Waals surface area contributed by atoms with Crippen LogP contribution in [0.25, 0.3) is 0 Å². The molecule has 0 spiro atoms. The van der Waals surface area contributed by atoms with E-state index in [4.69, 9.17) is 9.94 Å². The largest absolute Gasteiger partial charge is 0.496 e. The van der Waals surface area contributed by atoms with Crippen LogP contribution in [0.1, 0.15) is 12.5 Å². The average molecular weight is 179 g/mol. The highest BCUT2D eigenvalue weighted by molar-refractivity contribution is 5.84. The molecule has 0 saturated carbocycles. The highest BCUT2D eigenvalue weighted by Gasteiger charge is 2.02. The van der Waals surface area contributed by atoms with Crippen molar-refractivity contribution < 1.29 is 9.94 Å². The zero-order valence-corrected chi connectivity index (χ0v) is 7.82. The first kappa shape index (κ1) is 9.58. The third kappa shape index (κ3) is 2.47. The molecule has 0 atom stereocenters. The van der Waals surface area contributed by atoms with Gasteiger partial charge in [-0.3, -0.25) is 0 Å². The topological polar surface area (TPSA) is 41.8 Å². The Balaban J connectivity index is 2.87. The van der Waals surface area contributed by atoms with Crippen LogP contribution in [0.2, 0.25) is 0 Å². The molecule has 0 saturated heterocycles. The molecule has 0 fully saturated rings. The van der Waals surface area contributed by atoms with Gasteiger partial charge in [-0.25, -0.2) is 0 Å². The van der Waals surface area contributed by atoms with Crippen molar-refractivity contribution in [1.82, 2.24) is 0 Å².